The molecule has 0 saturated heterocycles. The van der Waals surface area contributed by atoms with Crippen molar-refractivity contribution in [2.24, 2.45) is 5.92 Å². The van der Waals surface area contributed by atoms with Crippen LogP contribution in [0, 0.1) is 5.92 Å². The molecule has 118 valence electrons. The predicted octanol–water partition coefficient (Wildman–Crippen LogP) is 6.17. The third-order valence-electron chi connectivity index (χ3n) is 3.66. The van der Waals surface area contributed by atoms with E-state index in [9.17, 15) is 0 Å². The van der Waals surface area contributed by atoms with Gasteiger partial charge in [-0.2, -0.15) is 0 Å². The number of hydrogen-bond donors (Lipinski definition) is 0. The summed E-state index contributed by atoms with van der Waals surface area (Å²) in [7, 11) is 1.70. The molecule has 0 saturated carbocycles. The maximum atomic E-state index is 5.21. The van der Waals surface area contributed by atoms with Crippen LogP contribution in [-0.2, 0) is 6.42 Å². The predicted molar refractivity (Wildman–Crippen MR) is 96.2 cm³/mol. The molecule has 0 radical (unpaired) electrons. The van der Waals surface area contributed by atoms with Crippen molar-refractivity contribution in [2.75, 3.05) is 7.11 Å². The largest absolute Gasteiger partial charge is 0.497 e. The Morgan fingerprint density at radius 3 is 2.09 bits per heavy atom. The second kappa shape index (κ2) is 7.73. The average Bonchev–Trinajstić information content (AvgIpc) is 2.49. The highest BCUT2D eigenvalue weighted by Gasteiger charge is 2.10. The van der Waals surface area contributed by atoms with Gasteiger partial charge in [-0.15, -0.1) is 0 Å². The second-order valence-corrected chi connectivity index (χ2v) is 7.54. The molecule has 0 heterocycles. The van der Waals surface area contributed by atoms with Crippen molar-refractivity contribution in [3.05, 3.63) is 53.6 Å². The molecule has 0 spiro atoms. The van der Waals surface area contributed by atoms with Gasteiger partial charge in [0.15, 0.2) is 0 Å². The molecule has 0 amide bonds. The average molecular weight is 314 g/mol. The van der Waals surface area contributed by atoms with Crippen LogP contribution in [-0.4, -0.2) is 7.11 Å². The van der Waals surface area contributed by atoms with Gasteiger partial charge >= 0.3 is 0 Å². The van der Waals surface area contributed by atoms with Crippen LogP contribution in [0.3, 0.4) is 0 Å². The van der Waals surface area contributed by atoms with Crippen molar-refractivity contribution in [1.29, 1.82) is 0 Å². The van der Waals surface area contributed by atoms with Crippen LogP contribution in [0.15, 0.2) is 52.3 Å². The van der Waals surface area contributed by atoms with Gasteiger partial charge in [-0.1, -0.05) is 45.5 Å². The van der Waals surface area contributed by atoms with E-state index in [1.165, 1.54) is 20.9 Å². The molecule has 0 fully saturated rings. The summed E-state index contributed by atoms with van der Waals surface area (Å²) in [5.41, 5.74) is 2.97. The van der Waals surface area contributed by atoms with Gasteiger partial charge in [0.05, 0.1) is 7.11 Å². The van der Waals surface area contributed by atoms with E-state index in [0.717, 1.165) is 12.2 Å². The standard InChI is InChI=1S/C20H26OS/c1-14(2)12-16-6-9-19(13-20(16)15(3)4)22-18-10-7-17(21-5)8-11-18/h6-11,13-15H,12H2,1-5H3. The zero-order chi connectivity index (χ0) is 16.1. The van der Waals surface area contributed by atoms with Gasteiger partial charge in [0.1, 0.15) is 5.75 Å². The molecule has 2 rings (SSSR count). The van der Waals surface area contributed by atoms with Gasteiger partial charge in [-0.05, 0) is 65.8 Å². The third kappa shape index (κ3) is 4.54. The van der Waals surface area contributed by atoms with Crippen LogP contribution in [0.25, 0.3) is 0 Å². The molecule has 1 nitrogen and oxygen atoms in total. The fourth-order valence-corrected chi connectivity index (χ4v) is 3.45. The van der Waals surface area contributed by atoms with Crippen molar-refractivity contribution < 1.29 is 4.74 Å². The highest BCUT2D eigenvalue weighted by Crippen LogP contribution is 2.33. The lowest BCUT2D eigenvalue weighted by atomic mass is 9.92. The lowest BCUT2D eigenvalue weighted by Gasteiger charge is -2.16. The quantitative estimate of drug-likeness (QED) is 0.630. The lowest BCUT2D eigenvalue weighted by Crippen LogP contribution is -2.01. The van der Waals surface area contributed by atoms with Crippen LogP contribution in [0.1, 0.15) is 44.7 Å². The highest BCUT2D eigenvalue weighted by atomic mass is 32.2. The van der Waals surface area contributed by atoms with E-state index >= 15 is 0 Å². The Bertz CT molecular complexity index is 600. The van der Waals surface area contributed by atoms with Crippen molar-refractivity contribution in [1.82, 2.24) is 0 Å². The van der Waals surface area contributed by atoms with E-state index in [1.807, 2.05) is 23.9 Å². The Balaban J connectivity index is 2.22. The zero-order valence-corrected chi connectivity index (χ0v) is 15.0. The summed E-state index contributed by atoms with van der Waals surface area (Å²) in [4.78, 5) is 2.55. The normalized spacial score (nSPS) is 11.2. The smallest absolute Gasteiger partial charge is 0.118 e. The monoisotopic (exact) mass is 314 g/mol. The van der Waals surface area contributed by atoms with Crippen LogP contribution in [0.4, 0.5) is 0 Å². The van der Waals surface area contributed by atoms with E-state index < -0.39 is 0 Å². The number of benzene rings is 2. The van der Waals surface area contributed by atoms with Crippen molar-refractivity contribution in [3.63, 3.8) is 0 Å². The summed E-state index contributed by atoms with van der Waals surface area (Å²) in [5, 5.41) is 0. The first-order chi connectivity index (χ1) is 10.5. The fourth-order valence-electron chi connectivity index (χ4n) is 2.58. The Morgan fingerprint density at radius 2 is 1.55 bits per heavy atom. The SMILES string of the molecule is COc1ccc(Sc2ccc(CC(C)C)c(C(C)C)c2)cc1. The summed E-state index contributed by atoms with van der Waals surface area (Å²) < 4.78 is 5.21. The van der Waals surface area contributed by atoms with Crippen LogP contribution in [0.2, 0.25) is 0 Å². The molecule has 2 heteroatoms. The summed E-state index contributed by atoms with van der Waals surface area (Å²) in [5.74, 6) is 2.15. The van der Waals surface area contributed by atoms with Crippen LogP contribution < -0.4 is 4.74 Å². The Kier molecular flexibility index (Phi) is 5.96. The zero-order valence-electron chi connectivity index (χ0n) is 14.2. The van der Waals surface area contributed by atoms with E-state index in [0.29, 0.717) is 11.8 Å². The number of rotatable bonds is 6. The molecule has 0 N–H and O–H groups in total. The second-order valence-electron chi connectivity index (χ2n) is 6.39. The van der Waals surface area contributed by atoms with Crippen LogP contribution >= 0.6 is 11.8 Å². The molecule has 0 aliphatic carbocycles. The Labute approximate surface area is 139 Å². The first-order valence-corrected chi connectivity index (χ1v) is 8.76. The minimum atomic E-state index is 0.560. The highest BCUT2D eigenvalue weighted by molar-refractivity contribution is 7.99. The van der Waals surface area contributed by atoms with Crippen LogP contribution in [0.5, 0.6) is 5.75 Å². The minimum absolute atomic E-state index is 0.560. The van der Waals surface area contributed by atoms with Gasteiger partial charge in [0, 0.05) is 9.79 Å². The molecular formula is C20H26OS. The maximum absolute atomic E-state index is 5.21. The van der Waals surface area contributed by atoms with Gasteiger partial charge in [0.25, 0.3) is 0 Å². The molecule has 0 atom stereocenters. The number of hydrogen-bond acceptors (Lipinski definition) is 2. The first-order valence-electron chi connectivity index (χ1n) is 7.94. The fraction of sp³-hybridized carbons (Fsp3) is 0.400. The van der Waals surface area contributed by atoms with Gasteiger partial charge in [-0.25, -0.2) is 0 Å². The van der Waals surface area contributed by atoms with Gasteiger partial charge in [-0.3, -0.25) is 0 Å². The molecular weight excluding hydrogens is 288 g/mol. The Hall–Kier alpha value is -1.41. The van der Waals surface area contributed by atoms with Crippen molar-refractivity contribution in [2.45, 2.75) is 49.8 Å². The summed E-state index contributed by atoms with van der Waals surface area (Å²) >= 11 is 1.81. The molecule has 0 bridgehead atoms. The molecule has 0 unspecified atom stereocenters. The Morgan fingerprint density at radius 1 is 0.909 bits per heavy atom. The van der Waals surface area contributed by atoms with Gasteiger partial charge in [0.2, 0.25) is 0 Å². The topological polar surface area (TPSA) is 9.23 Å². The molecule has 0 aliphatic heterocycles. The third-order valence-corrected chi connectivity index (χ3v) is 4.66. The molecule has 0 aliphatic rings. The lowest BCUT2D eigenvalue weighted by molar-refractivity contribution is 0.414. The van der Waals surface area contributed by atoms with Crippen molar-refractivity contribution >= 4 is 11.8 Å². The van der Waals surface area contributed by atoms with E-state index in [-0.39, 0.29) is 0 Å². The molecule has 2 aromatic carbocycles. The molecule has 0 aromatic heterocycles. The molecule has 22 heavy (non-hydrogen) atoms. The number of methoxy groups -OCH3 is 1. The van der Waals surface area contributed by atoms with E-state index in [1.54, 1.807) is 7.11 Å². The first kappa shape index (κ1) is 17.0. The number of ether oxygens (including phenoxy) is 1. The maximum Gasteiger partial charge on any atom is 0.118 e. The van der Waals surface area contributed by atoms with Crippen molar-refractivity contribution in [3.8, 4) is 5.75 Å². The van der Waals surface area contributed by atoms with E-state index in [2.05, 4.69) is 58.0 Å². The van der Waals surface area contributed by atoms with E-state index in [4.69, 9.17) is 4.74 Å². The summed E-state index contributed by atoms with van der Waals surface area (Å²) in [6.45, 7) is 9.12. The molecule has 2 aromatic rings. The van der Waals surface area contributed by atoms with Gasteiger partial charge < -0.3 is 4.74 Å². The minimum Gasteiger partial charge on any atom is -0.497 e. The summed E-state index contributed by atoms with van der Waals surface area (Å²) in [6.07, 6.45) is 1.15. The summed E-state index contributed by atoms with van der Waals surface area (Å²) in [6, 6.07) is 15.2.